The highest BCUT2D eigenvalue weighted by molar-refractivity contribution is 5.85. The molecule has 0 aliphatic rings. The van der Waals surface area contributed by atoms with Crippen LogP contribution in [0.2, 0.25) is 0 Å². The first-order chi connectivity index (χ1) is 12.6. The van der Waals surface area contributed by atoms with Gasteiger partial charge in [-0.15, -0.1) is 0 Å². The lowest BCUT2D eigenvalue weighted by atomic mass is 10.1. The lowest BCUT2D eigenvalue weighted by molar-refractivity contribution is -0.133. The summed E-state index contributed by atoms with van der Waals surface area (Å²) in [5.74, 6) is -1.87. The Balaban J connectivity index is -0.000000394. The predicted octanol–water partition coefficient (Wildman–Crippen LogP) is 4.90. The van der Waals surface area contributed by atoms with Gasteiger partial charge in [0, 0.05) is 11.1 Å². The molecule has 160 valence electrons. The van der Waals surface area contributed by atoms with E-state index in [1.807, 2.05) is 0 Å². The molecule has 0 unspecified atom stereocenters. The van der Waals surface area contributed by atoms with Crippen LogP contribution in [0.4, 0.5) is 0 Å². The number of hydrogen-bond acceptors (Lipinski definition) is 4. The van der Waals surface area contributed by atoms with Gasteiger partial charge in [-0.05, 0) is 26.7 Å². The van der Waals surface area contributed by atoms with Gasteiger partial charge >= 0.3 is 11.9 Å². The van der Waals surface area contributed by atoms with E-state index in [0.29, 0.717) is 6.42 Å². The quantitative estimate of drug-likeness (QED) is 0.203. The first-order valence-electron chi connectivity index (χ1n) is 9.69. The minimum atomic E-state index is -1.10. The number of aliphatic hydroxyl groups is 2. The lowest BCUT2D eigenvalue weighted by Gasteiger charge is -2.03. The van der Waals surface area contributed by atoms with Gasteiger partial charge in [0.05, 0.1) is 0 Å². The van der Waals surface area contributed by atoms with Crippen molar-refractivity contribution >= 4 is 11.9 Å². The summed E-state index contributed by atoms with van der Waals surface area (Å²) < 4.78 is 0. The van der Waals surface area contributed by atoms with Gasteiger partial charge < -0.3 is 20.4 Å². The van der Waals surface area contributed by atoms with Crippen LogP contribution in [0.3, 0.4) is 0 Å². The van der Waals surface area contributed by atoms with Crippen molar-refractivity contribution in [2.45, 2.75) is 97.7 Å². The van der Waals surface area contributed by atoms with Crippen LogP contribution >= 0.6 is 0 Å². The normalized spacial score (nSPS) is 9.56. The Hall–Kier alpha value is -1.66. The number of unbranched alkanes of at least 4 members (excludes halogenated alkanes) is 9. The van der Waals surface area contributed by atoms with E-state index in [1.165, 1.54) is 65.2 Å². The van der Waals surface area contributed by atoms with Crippen molar-refractivity contribution in [2.75, 3.05) is 0 Å². The second-order valence-corrected chi connectivity index (χ2v) is 6.62. The molecule has 0 amide bonds. The van der Waals surface area contributed by atoms with Crippen LogP contribution in [0.15, 0.2) is 24.3 Å². The summed E-state index contributed by atoms with van der Waals surface area (Å²) in [5.41, 5.74) is 0.352. The minimum Gasteiger partial charge on any atom is -0.478 e. The Morgan fingerprint density at radius 2 is 0.963 bits per heavy atom. The van der Waals surface area contributed by atoms with Crippen LogP contribution in [0.5, 0.6) is 0 Å². The summed E-state index contributed by atoms with van der Waals surface area (Å²) >= 11 is 0. The largest absolute Gasteiger partial charge is 0.478 e. The fourth-order valence-corrected chi connectivity index (χ4v) is 1.81. The number of carbonyl (C=O) groups is 2. The molecular formula is C21H40O6. The van der Waals surface area contributed by atoms with E-state index < -0.39 is 18.2 Å². The van der Waals surface area contributed by atoms with Crippen molar-refractivity contribution < 1.29 is 30.0 Å². The maximum Gasteiger partial charge on any atom is 0.330 e. The zero-order valence-electron chi connectivity index (χ0n) is 17.4. The first-order valence-corrected chi connectivity index (χ1v) is 9.69. The maximum absolute atomic E-state index is 9.60. The smallest absolute Gasteiger partial charge is 0.330 e. The van der Waals surface area contributed by atoms with Crippen molar-refractivity contribution in [1.29, 1.82) is 0 Å². The molecule has 0 saturated carbocycles. The van der Waals surface area contributed by atoms with Crippen LogP contribution in [0.1, 0.15) is 91.4 Å². The number of hydrogen-bond donors (Lipinski definition) is 4. The molecule has 6 heteroatoms. The molecule has 6 nitrogen and oxygen atoms in total. The molecule has 0 aliphatic heterocycles. The Bertz CT molecular complexity index is 353. The maximum atomic E-state index is 9.60. The molecule has 0 saturated heterocycles. The molecule has 0 aromatic rings. The van der Waals surface area contributed by atoms with E-state index in [-0.39, 0.29) is 11.1 Å². The van der Waals surface area contributed by atoms with Gasteiger partial charge in [-0.25, -0.2) is 9.59 Å². The van der Waals surface area contributed by atoms with Gasteiger partial charge in [0.1, 0.15) is 0 Å². The molecule has 27 heavy (non-hydrogen) atoms. The second-order valence-electron chi connectivity index (χ2n) is 6.62. The van der Waals surface area contributed by atoms with Crippen molar-refractivity contribution in [2.24, 2.45) is 0 Å². The van der Waals surface area contributed by atoms with E-state index >= 15 is 0 Å². The molecule has 0 radical (unpaired) electrons. The Morgan fingerprint density at radius 1 is 0.704 bits per heavy atom. The molecule has 4 N–H and O–H groups in total. The topological polar surface area (TPSA) is 115 Å². The highest BCUT2D eigenvalue weighted by Gasteiger charge is 1.96. The molecule has 0 rings (SSSR count). The summed E-state index contributed by atoms with van der Waals surface area (Å²) in [6.07, 6.45) is 12.3. The van der Waals surface area contributed by atoms with Gasteiger partial charge in [-0.2, -0.15) is 0 Å². The van der Waals surface area contributed by atoms with Crippen LogP contribution in [-0.4, -0.2) is 38.7 Å². The summed E-state index contributed by atoms with van der Waals surface area (Å²) in [6.45, 7) is 11.4. The Morgan fingerprint density at radius 3 is 1.19 bits per heavy atom. The zero-order chi connectivity index (χ0) is 21.7. The van der Waals surface area contributed by atoms with Gasteiger partial charge in [0.15, 0.2) is 6.29 Å². The van der Waals surface area contributed by atoms with Crippen molar-refractivity contribution in [3.8, 4) is 0 Å². The number of carboxylic acids is 2. The standard InChI is InChI=1S/C13H28O2.2C4H6O2/c1-2-3-4-5-6-7-8-9-10-11-12-13(14)15;2*1-3(2)4(5)6/h13-15H,2-12H2,1H3;2*1H2,2H3,(H,5,6). The minimum absolute atomic E-state index is 0.176. The fraction of sp³-hybridized carbons (Fsp3) is 0.714. The van der Waals surface area contributed by atoms with E-state index in [1.54, 1.807) is 0 Å². The summed E-state index contributed by atoms with van der Waals surface area (Å²) in [7, 11) is 0. The van der Waals surface area contributed by atoms with Gasteiger partial charge in [-0.1, -0.05) is 77.9 Å². The zero-order valence-corrected chi connectivity index (χ0v) is 17.4. The van der Waals surface area contributed by atoms with Crippen LogP contribution < -0.4 is 0 Å². The SMILES string of the molecule is C=C(C)C(=O)O.C=C(C)C(=O)O.CCCCCCCCCCCCC(O)O. The van der Waals surface area contributed by atoms with Gasteiger partial charge in [0.2, 0.25) is 0 Å². The van der Waals surface area contributed by atoms with Crippen LogP contribution in [0.25, 0.3) is 0 Å². The third-order valence-electron chi connectivity index (χ3n) is 3.55. The monoisotopic (exact) mass is 388 g/mol. The molecule has 0 aromatic heterocycles. The van der Waals surface area contributed by atoms with E-state index in [4.69, 9.17) is 20.4 Å². The average molecular weight is 389 g/mol. The summed E-state index contributed by atoms with van der Waals surface area (Å²) in [6, 6.07) is 0. The molecule has 0 fully saturated rings. The third kappa shape index (κ3) is 36.1. The van der Waals surface area contributed by atoms with Crippen molar-refractivity contribution in [3.05, 3.63) is 24.3 Å². The molecule has 0 aromatic carbocycles. The number of aliphatic hydroxyl groups excluding tert-OH is 1. The van der Waals surface area contributed by atoms with E-state index in [9.17, 15) is 9.59 Å². The van der Waals surface area contributed by atoms with Crippen LogP contribution in [0, 0.1) is 0 Å². The predicted molar refractivity (Wildman–Crippen MR) is 110 cm³/mol. The lowest BCUT2D eigenvalue weighted by Crippen LogP contribution is -2.02. The van der Waals surface area contributed by atoms with Gasteiger partial charge in [0.25, 0.3) is 0 Å². The summed E-state index contributed by atoms with van der Waals surface area (Å²) in [5, 5.41) is 33.0. The molecule has 0 atom stereocenters. The molecule has 0 aliphatic carbocycles. The number of rotatable bonds is 13. The third-order valence-corrected chi connectivity index (χ3v) is 3.55. The molecule has 0 bridgehead atoms. The Kier molecular flexibility index (Phi) is 24.9. The van der Waals surface area contributed by atoms with Gasteiger partial charge in [-0.3, -0.25) is 0 Å². The first kappa shape index (κ1) is 30.1. The fourth-order valence-electron chi connectivity index (χ4n) is 1.81. The molecule has 0 spiro atoms. The number of aliphatic carboxylic acids is 2. The van der Waals surface area contributed by atoms with Crippen molar-refractivity contribution in [3.63, 3.8) is 0 Å². The van der Waals surface area contributed by atoms with Crippen molar-refractivity contribution in [1.82, 2.24) is 0 Å². The van der Waals surface area contributed by atoms with E-state index in [2.05, 4.69) is 20.1 Å². The number of carboxylic acid groups (broad SMARTS) is 2. The Labute approximate surface area is 164 Å². The molecular weight excluding hydrogens is 348 g/mol. The average Bonchev–Trinajstić information content (AvgIpc) is 2.57. The van der Waals surface area contributed by atoms with E-state index in [0.717, 1.165) is 12.8 Å². The summed E-state index contributed by atoms with van der Waals surface area (Å²) in [4.78, 5) is 19.2. The molecule has 0 heterocycles. The highest BCUT2D eigenvalue weighted by atomic mass is 16.5. The highest BCUT2D eigenvalue weighted by Crippen LogP contribution is 2.11. The second kappa shape index (κ2) is 22.4. The van der Waals surface area contributed by atoms with Crippen LogP contribution in [-0.2, 0) is 9.59 Å².